The van der Waals surface area contributed by atoms with E-state index >= 15 is 0 Å². The molecule has 212 valence electrons. The lowest BCUT2D eigenvalue weighted by atomic mass is 9.50. The first-order valence-electron chi connectivity index (χ1n) is 14.3. The van der Waals surface area contributed by atoms with Gasteiger partial charge in [0.25, 0.3) is 0 Å². The third-order valence-corrected chi connectivity index (χ3v) is 10.2. The fourth-order valence-corrected chi connectivity index (χ4v) is 8.08. The number of ether oxygens (including phenoxy) is 4. The molecule has 3 aliphatic heterocycles. The predicted octanol–water partition coefficient (Wildman–Crippen LogP) is 2.99. The number of carbonyl (C=O) groups excluding carboxylic acids is 3. The molecule has 11 atom stereocenters. The molecule has 2 aliphatic carbocycles. The summed E-state index contributed by atoms with van der Waals surface area (Å²) in [6.45, 7) is 11.2. The van der Waals surface area contributed by atoms with E-state index in [4.69, 9.17) is 18.9 Å². The lowest BCUT2D eigenvalue weighted by Gasteiger charge is -2.57. The zero-order valence-corrected chi connectivity index (χ0v) is 22.9. The van der Waals surface area contributed by atoms with E-state index in [1.165, 1.54) is 25.7 Å². The van der Waals surface area contributed by atoms with Crippen molar-refractivity contribution >= 4 is 17.9 Å². The number of aliphatic hydroxyl groups is 2. The summed E-state index contributed by atoms with van der Waals surface area (Å²) in [5.74, 6) is -3.86. The van der Waals surface area contributed by atoms with Crippen molar-refractivity contribution in [1.29, 1.82) is 0 Å². The maximum Gasteiger partial charge on any atom is 0.313 e. The zero-order valence-electron chi connectivity index (χ0n) is 22.9. The van der Waals surface area contributed by atoms with Gasteiger partial charge in [0, 0.05) is 18.8 Å². The minimum atomic E-state index is -1.81. The molecular formula is C29H42O9. The third-order valence-electron chi connectivity index (χ3n) is 10.2. The molecule has 9 heteroatoms. The van der Waals surface area contributed by atoms with E-state index in [0.29, 0.717) is 12.0 Å². The Kier molecular flexibility index (Phi) is 6.97. The second-order valence-electron chi connectivity index (χ2n) is 12.4. The Bertz CT molecular complexity index is 1010. The first-order valence-corrected chi connectivity index (χ1v) is 14.3. The van der Waals surface area contributed by atoms with Gasteiger partial charge in [-0.3, -0.25) is 14.4 Å². The molecule has 5 rings (SSSR count). The van der Waals surface area contributed by atoms with Crippen LogP contribution in [0.1, 0.15) is 85.5 Å². The maximum absolute atomic E-state index is 13.2. The molecular weight excluding hydrogens is 492 g/mol. The fourth-order valence-electron chi connectivity index (χ4n) is 8.08. The highest BCUT2D eigenvalue weighted by Crippen LogP contribution is 2.75. The van der Waals surface area contributed by atoms with E-state index in [9.17, 15) is 24.6 Å². The SMILES string of the molecule is C=C(C)[C@@H]1[C@H]2OC(=O)[C@@H]1[C@]1(O)[C@H]3O[C@H]3[C@]3(C[C@@H]([C@H](C)OC(=O)CCCCCCCCC)C(=O)O3)[C@]1(C)[C@@H]2O. The summed E-state index contributed by atoms with van der Waals surface area (Å²) in [5, 5.41) is 23.8. The minimum Gasteiger partial charge on any atom is -0.462 e. The van der Waals surface area contributed by atoms with Crippen LogP contribution >= 0.6 is 0 Å². The van der Waals surface area contributed by atoms with Crippen LogP contribution in [0.4, 0.5) is 0 Å². The van der Waals surface area contributed by atoms with E-state index in [2.05, 4.69) is 13.5 Å². The van der Waals surface area contributed by atoms with Crippen LogP contribution < -0.4 is 0 Å². The summed E-state index contributed by atoms with van der Waals surface area (Å²) in [4.78, 5) is 38.7. The van der Waals surface area contributed by atoms with Gasteiger partial charge in [-0.2, -0.15) is 0 Å². The zero-order chi connectivity index (χ0) is 27.6. The van der Waals surface area contributed by atoms with Crippen molar-refractivity contribution in [2.75, 3.05) is 0 Å². The van der Waals surface area contributed by atoms with Crippen molar-refractivity contribution in [3.63, 3.8) is 0 Å². The van der Waals surface area contributed by atoms with E-state index < -0.39 is 76.8 Å². The smallest absolute Gasteiger partial charge is 0.313 e. The van der Waals surface area contributed by atoms with E-state index in [1.807, 2.05) is 0 Å². The van der Waals surface area contributed by atoms with Gasteiger partial charge in [0.1, 0.15) is 36.1 Å². The number of fused-ring (bicyclic) bond motifs is 8. The first kappa shape index (κ1) is 27.6. The summed E-state index contributed by atoms with van der Waals surface area (Å²) < 4.78 is 23.1. The van der Waals surface area contributed by atoms with Crippen molar-refractivity contribution in [3.8, 4) is 0 Å². The Morgan fingerprint density at radius 2 is 1.79 bits per heavy atom. The van der Waals surface area contributed by atoms with Crippen molar-refractivity contribution < 1.29 is 43.5 Å². The second-order valence-corrected chi connectivity index (χ2v) is 12.4. The van der Waals surface area contributed by atoms with Gasteiger partial charge in [0.05, 0.1) is 17.3 Å². The largest absolute Gasteiger partial charge is 0.462 e. The Balaban J connectivity index is 1.29. The van der Waals surface area contributed by atoms with E-state index in [1.54, 1.807) is 20.8 Å². The van der Waals surface area contributed by atoms with Gasteiger partial charge in [-0.15, -0.1) is 0 Å². The average Bonchev–Trinajstić information content (AvgIpc) is 3.46. The van der Waals surface area contributed by atoms with Crippen LogP contribution in [0.15, 0.2) is 12.2 Å². The van der Waals surface area contributed by atoms with Crippen LogP contribution in [-0.4, -0.2) is 69.8 Å². The molecule has 0 aromatic rings. The van der Waals surface area contributed by atoms with Crippen molar-refractivity contribution in [2.24, 2.45) is 23.2 Å². The summed E-state index contributed by atoms with van der Waals surface area (Å²) in [6, 6.07) is 0. The summed E-state index contributed by atoms with van der Waals surface area (Å²) in [5.41, 5.74) is -3.98. The summed E-state index contributed by atoms with van der Waals surface area (Å²) >= 11 is 0. The minimum absolute atomic E-state index is 0.0973. The molecule has 3 saturated heterocycles. The lowest BCUT2D eigenvalue weighted by molar-refractivity contribution is -0.272. The molecule has 5 fully saturated rings. The molecule has 0 aromatic carbocycles. The normalized spacial score (nSPS) is 44.8. The van der Waals surface area contributed by atoms with Gasteiger partial charge in [0.15, 0.2) is 5.60 Å². The van der Waals surface area contributed by atoms with Gasteiger partial charge in [-0.25, -0.2) is 0 Å². The molecule has 0 aromatic heterocycles. The second kappa shape index (κ2) is 9.59. The first-order chi connectivity index (χ1) is 18.0. The molecule has 38 heavy (non-hydrogen) atoms. The Morgan fingerprint density at radius 3 is 2.45 bits per heavy atom. The molecule has 9 nitrogen and oxygen atoms in total. The van der Waals surface area contributed by atoms with Gasteiger partial charge >= 0.3 is 17.9 Å². The van der Waals surface area contributed by atoms with Gasteiger partial charge in [0.2, 0.25) is 0 Å². The van der Waals surface area contributed by atoms with Crippen LogP contribution in [0.5, 0.6) is 0 Å². The van der Waals surface area contributed by atoms with Crippen molar-refractivity contribution in [1.82, 2.24) is 0 Å². The van der Waals surface area contributed by atoms with Crippen LogP contribution in [0, 0.1) is 23.2 Å². The number of aliphatic hydroxyl groups excluding tert-OH is 1. The van der Waals surface area contributed by atoms with Gasteiger partial charge in [-0.05, 0) is 20.3 Å². The van der Waals surface area contributed by atoms with Gasteiger partial charge < -0.3 is 29.2 Å². The quantitative estimate of drug-likeness (QED) is 0.135. The molecule has 1 spiro atoms. The molecule has 5 aliphatic rings. The van der Waals surface area contributed by atoms with E-state index in [-0.39, 0.29) is 12.4 Å². The lowest BCUT2D eigenvalue weighted by Crippen LogP contribution is -2.72. The van der Waals surface area contributed by atoms with Crippen LogP contribution in [-0.2, 0) is 33.3 Å². The Hall–Kier alpha value is -1.97. The monoisotopic (exact) mass is 534 g/mol. The molecule has 0 radical (unpaired) electrons. The standard InChI is InChI=1S/C29H42O9/c1-6-7-8-9-10-11-12-13-18(30)35-16(4)17-14-28(38-25(17)32)23-24(37-23)29(34)20-19(15(2)3)21(36-26(20)33)22(31)27(28,29)5/h16-17,19-24,31,34H,2,6-14H2,1,3-5H3/t16-,17-,19-,20+,21+,22+,23+,24-,27-,28+,29-/m0/s1. The predicted molar refractivity (Wildman–Crippen MR) is 134 cm³/mol. The van der Waals surface area contributed by atoms with Crippen LogP contribution in [0.3, 0.4) is 0 Å². The van der Waals surface area contributed by atoms with Crippen molar-refractivity contribution in [3.05, 3.63) is 12.2 Å². The molecule has 2 bridgehead atoms. The number of hydrogen-bond acceptors (Lipinski definition) is 9. The molecule has 0 amide bonds. The maximum atomic E-state index is 13.2. The van der Waals surface area contributed by atoms with Crippen molar-refractivity contribution in [2.45, 2.75) is 127 Å². The average molecular weight is 535 g/mol. The number of unbranched alkanes of at least 4 members (excludes halogenated alkanes) is 6. The van der Waals surface area contributed by atoms with Crippen LogP contribution in [0.25, 0.3) is 0 Å². The fraction of sp³-hybridized carbons (Fsp3) is 0.828. The number of hydrogen-bond donors (Lipinski definition) is 2. The Morgan fingerprint density at radius 1 is 1.13 bits per heavy atom. The molecule has 3 heterocycles. The topological polar surface area (TPSA) is 132 Å². The number of rotatable bonds is 11. The Labute approximate surface area is 224 Å². The molecule has 2 N–H and O–H groups in total. The number of epoxide rings is 1. The third kappa shape index (κ3) is 3.64. The number of esters is 3. The van der Waals surface area contributed by atoms with Gasteiger partial charge in [-0.1, -0.05) is 64.5 Å². The summed E-state index contributed by atoms with van der Waals surface area (Å²) in [7, 11) is 0. The highest BCUT2D eigenvalue weighted by Gasteiger charge is 2.93. The van der Waals surface area contributed by atoms with E-state index in [0.717, 1.165) is 19.3 Å². The highest BCUT2D eigenvalue weighted by molar-refractivity contribution is 5.81. The molecule has 0 unspecified atom stereocenters. The molecule has 2 saturated carbocycles. The number of carbonyl (C=O) groups is 3. The summed E-state index contributed by atoms with van der Waals surface area (Å²) in [6.07, 6.45) is 3.58. The highest BCUT2D eigenvalue weighted by atomic mass is 16.7. The van der Waals surface area contributed by atoms with Crippen LogP contribution in [0.2, 0.25) is 0 Å².